The van der Waals surface area contributed by atoms with Crippen molar-refractivity contribution in [2.75, 3.05) is 7.11 Å². The highest BCUT2D eigenvalue weighted by Crippen LogP contribution is 2.05. The zero-order chi connectivity index (χ0) is 14.1. The summed E-state index contributed by atoms with van der Waals surface area (Å²) in [5, 5.41) is 11.3. The first kappa shape index (κ1) is 12.4. The van der Waals surface area contributed by atoms with Crippen molar-refractivity contribution in [3.8, 4) is 0 Å². The van der Waals surface area contributed by atoms with Crippen molar-refractivity contribution in [3.63, 3.8) is 0 Å². The lowest BCUT2D eigenvalue weighted by atomic mass is 10.4. The van der Waals surface area contributed by atoms with Gasteiger partial charge in [0.2, 0.25) is 4.96 Å². The van der Waals surface area contributed by atoms with Gasteiger partial charge in [0.05, 0.1) is 25.5 Å². The summed E-state index contributed by atoms with van der Waals surface area (Å²) in [6.07, 6.45) is 1.43. The molecule has 0 saturated heterocycles. The van der Waals surface area contributed by atoms with E-state index >= 15 is 0 Å². The average molecular weight is 292 g/mol. The molecule has 0 atom stereocenters. The van der Waals surface area contributed by atoms with Crippen LogP contribution in [-0.4, -0.2) is 42.7 Å². The van der Waals surface area contributed by atoms with E-state index in [0.717, 1.165) is 0 Å². The van der Waals surface area contributed by atoms with Gasteiger partial charge in [-0.05, 0) is 0 Å². The summed E-state index contributed by atoms with van der Waals surface area (Å²) in [7, 11) is 1.27. The van der Waals surface area contributed by atoms with Crippen molar-refractivity contribution in [3.05, 3.63) is 39.5 Å². The number of hydrogen-bond acceptors (Lipinski definition) is 8. The van der Waals surface area contributed by atoms with E-state index in [1.54, 1.807) is 5.51 Å². The molecule has 0 fully saturated rings. The summed E-state index contributed by atoms with van der Waals surface area (Å²) >= 11 is 1.26. The lowest BCUT2D eigenvalue weighted by Crippen LogP contribution is -2.16. The molecule has 0 aliphatic carbocycles. The highest BCUT2D eigenvalue weighted by atomic mass is 32.1. The lowest BCUT2D eigenvalue weighted by molar-refractivity contribution is 0.0594. The van der Waals surface area contributed by atoms with Crippen LogP contribution in [0.1, 0.15) is 16.2 Å². The average Bonchev–Trinajstić information content (AvgIpc) is 3.07. The molecule has 0 unspecified atom stereocenters. The van der Waals surface area contributed by atoms with E-state index in [-0.39, 0.29) is 17.8 Å². The summed E-state index contributed by atoms with van der Waals surface area (Å²) in [6, 6.07) is 1.37. The van der Waals surface area contributed by atoms with E-state index in [2.05, 4.69) is 25.1 Å². The molecule has 0 aliphatic rings. The summed E-state index contributed by atoms with van der Waals surface area (Å²) in [6.45, 7) is 0.230. The third-order valence-corrected chi connectivity index (χ3v) is 3.17. The molecule has 3 rings (SSSR count). The van der Waals surface area contributed by atoms with Gasteiger partial charge >= 0.3 is 5.97 Å². The van der Waals surface area contributed by atoms with Crippen molar-refractivity contribution in [2.45, 2.75) is 6.54 Å². The fourth-order valence-corrected chi connectivity index (χ4v) is 2.26. The van der Waals surface area contributed by atoms with Crippen LogP contribution in [0, 0.1) is 0 Å². The highest BCUT2D eigenvalue weighted by Gasteiger charge is 2.11. The van der Waals surface area contributed by atoms with Gasteiger partial charge in [-0.3, -0.25) is 4.79 Å². The first-order valence-electron chi connectivity index (χ1n) is 5.48. The Morgan fingerprint density at radius 1 is 1.50 bits per heavy atom. The van der Waals surface area contributed by atoms with Gasteiger partial charge in [-0.1, -0.05) is 16.6 Å². The summed E-state index contributed by atoms with van der Waals surface area (Å²) in [5.41, 5.74) is 1.89. The molecule has 0 bridgehead atoms. The zero-order valence-corrected chi connectivity index (χ0v) is 11.1. The van der Waals surface area contributed by atoms with Crippen LogP contribution < -0.4 is 5.56 Å². The van der Waals surface area contributed by atoms with Crippen LogP contribution in [0.15, 0.2) is 22.6 Å². The quantitative estimate of drug-likeness (QED) is 0.603. The largest absolute Gasteiger partial charge is 0.464 e. The van der Waals surface area contributed by atoms with Crippen LogP contribution in [0.5, 0.6) is 0 Å². The molecule has 0 N–H and O–H groups in total. The van der Waals surface area contributed by atoms with E-state index in [9.17, 15) is 9.59 Å². The predicted molar refractivity (Wildman–Crippen MR) is 67.6 cm³/mol. The Morgan fingerprint density at radius 2 is 2.35 bits per heavy atom. The number of carbonyl (C=O) groups excluding carboxylic acids is 1. The van der Waals surface area contributed by atoms with Gasteiger partial charge in [0.1, 0.15) is 5.51 Å². The van der Waals surface area contributed by atoms with Crippen molar-refractivity contribution >= 4 is 22.3 Å². The van der Waals surface area contributed by atoms with E-state index in [1.165, 1.54) is 39.9 Å². The lowest BCUT2D eigenvalue weighted by Gasteiger charge is -1.99. The fourth-order valence-electron chi connectivity index (χ4n) is 1.62. The smallest absolute Gasteiger partial charge is 0.360 e. The Kier molecular flexibility index (Phi) is 2.99. The van der Waals surface area contributed by atoms with Gasteiger partial charge in [-0.15, -0.1) is 5.10 Å². The first-order chi connectivity index (χ1) is 9.67. The Bertz CT molecular complexity index is 835. The zero-order valence-electron chi connectivity index (χ0n) is 10.3. The van der Waals surface area contributed by atoms with Crippen molar-refractivity contribution in [2.24, 2.45) is 0 Å². The third kappa shape index (κ3) is 2.16. The van der Waals surface area contributed by atoms with E-state index in [1.807, 2.05) is 0 Å². The van der Waals surface area contributed by atoms with Gasteiger partial charge in [-0.2, -0.15) is 9.61 Å². The van der Waals surface area contributed by atoms with Crippen molar-refractivity contribution in [1.29, 1.82) is 0 Å². The van der Waals surface area contributed by atoms with Crippen LogP contribution in [0.25, 0.3) is 4.96 Å². The second kappa shape index (κ2) is 4.81. The topological polar surface area (TPSA) is 104 Å². The van der Waals surface area contributed by atoms with Gasteiger partial charge in [0, 0.05) is 6.07 Å². The van der Waals surface area contributed by atoms with Crippen LogP contribution in [0.3, 0.4) is 0 Å². The Hall–Kier alpha value is -2.62. The maximum absolute atomic E-state index is 11.8. The number of carbonyl (C=O) groups is 1. The molecule has 0 radical (unpaired) electrons. The van der Waals surface area contributed by atoms with E-state index in [4.69, 9.17) is 0 Å². The second-order valence-corrected chi connectivity index (χ2v) is 4.62. The molecule has 10 heteroatoms. The molecule has 3 aromatic heterocycles. The summed E-state index contributed by atoms with van der Waals surface area (Å²) < 4.78 is 7.16. The number of aromatic nitrogens is 6. The standard InChI is InChI=1S/C10H8N6O3S/c1-19-9(18)7-4-15(14-13-7)3-6-2-8(17)16-10(12-6)20-5-11-16/h2,4-5H,3H2,1H3. The number of rotatable bonds is 3. The monoisotopic (exact) mass is 292 g/mol. The number of methoxy groups -OCH3 is 1. The Labute approximate surface area is 115 Å². The van der Waals surface area contributed by atoms with Gasteiger partial charge in [0.15, 0.2) is 5.69 Å². The van der Waals surface area contributed by atoms with Crippen molar-refractivity contribution < 1.29 is 9.53 Å². The van der Waals surface area contributed by atoms with Crippen LogP contribution in [0.4, 0.5) is 0 Å². The van der Waals surface area contributed by atoms with Crippen LogP contribution in [0.2, 0.25) is 0 Å². The van der Waals surface area contributed by atoms with Crippen LogP contribution in [-0.2, 0) is 11.3 Å². The van der Waals surface area contributed by atoms with E-state index < -0.39 is 5.97 Å². The summed E-state index contributed by atoms with van der Waals surface area (Å²) in [4.78, 5) is 27.8. The van der Waals surface area contributed by atoms with Gasteiger partial charge in [0.25, 0.3) is 5.56 Å². The van der Waals surface area contributed by atoms with Crippen LogP contribution >= 0.6 is 11.3 Å². The molecule has 3 heterocycles. The molecule has 102 valence electrons. The Balaban J connectivity index is 1.91. The SMILES string of the molecule is COC(=O)c1cn(Cc2cc(=O)n3ncsc3n2)nn1. The number of nitrogens with zero attached hydrogens (tertiary/aromatic N) is 6. The molecule has 0 amide bonds. The number of esters is 1. The number of fused-ring (bicyclic) bond motifs is 1. The normalized spacial score (nSPS) is 10.8. The maximum atomic E-state index is 11.8. The number of ether oxygens (including phenoxy) is 1. The van der Waals surface area contributed by atoms with E-state index in [0.29, 0.717) is 10.7 Å². The predicted octanol–water partition coefficient (Wildman–Crippen LogP) is -0.423. The van der Waals surface area contributed by atoms with Gasteiger partial charge in [-0.25, -0.2) is 14.5 Å². The summed E-state index contributed by atoms with van der Waals surface area (Å²) in [5.74, 6) is -0.567. The highest BCUT2D eigenvalue weighted by molar-refractivity contribution is 7.14. The molecule has 0 aliphatic heterocycles. The molecule has 0 aromatic carbocycles. The van der Waals surface area contributed by atoms with Gasteiger partial charge < -0.3 is 4.74 Å². The molecular weight excluding hydrogens is 284 g/mol. The minimum absolute atomic E-state index is 0.100. The first-order valence-corrected chi connectivity index (χ1v) is 6.36. The minimum Gasteiger partial charge on any atom is -0.464 e. The molecule has 20 heavy (non-hydrogen) atoms. The molecule has 3 aromatic rings. The fraction of sp³-hybridized carbons (Fsp3) is 0.200. The van der Waals surface area contributed by atoms with Crippen molar-refractivity contribution in [1.82, 2.24) is 29.6 Å². The minimum atomic E-state index is -0.567. The number of hydrogen-bond donors (Lipinski definition) is 0. The third-order valence-electron chi connectivity index (χ3n) is 2.50. The Morgan fingerprint density at radius 3 is 3.15 bits per heavy atom. The molecule has 0 spiro atoms. The maximum Gasteiger partial charge on any atom is 0.360 e. The second-order valence-electron chi connectivity index (χ2n) is 3.81. The molecular formula is C10H8N6O3S. The molecule has 0 saturated carbocycles. The molecule has 9 nitrogen and oxygen atoms in total.